The summed E-state index contributed by atoms with van der Waals surface area (Å²) < 4.78 is 24.5. The molecule has 0 spiro atoms. The van der Waals surface area contributed by atoms with E-state index in [9.17, 15) is 13.2 Å². The summed E-state index contributed by atoms with van der Waals surface area (Å²) in [4.78, 5) is 12.1. The van der Waals surface area contributed by atoms with Gasteiger partial charge in [0.15, 0.2) is 9.84 Å². The van der Waals surface area contributed by atoms with Gasteiger partial charge < -0.3 is 0 Å². The minimum Gasteiger partial charge on any atom is -0.299 e. The molecule has 5 nitrogen and oxygen atoms in total. The summed E-state index contributed by atoms with van der Waals surface area (Å²) >= 11 is 0. The molecule has 0 radical (unpaired) electrons. The fourth-order valence-electron chi connectivity index (χ4n) is 2.39. The molecule has 0 aromatic carbocycles. The van der Waals surface area contributed by atoms with Crippen LogP contribution in [0.5, 0.6) is 0 Å². The summed E-state index contributed by atoms with van der Waals surface area (Å²) in [6.07, 6.45) is 0.759. The van der Waals surface area contributed by atoms with E-state index in [4.69, 9.17) is 0 Å². The van der Waals surface area contributed by atoms with Gasteiger partial charge >= 0.3 is 0 Å². The Morgan fingerprint density at radius 2 is 2.28 bits per heavy atom. The van der Waals surface area contributed by atoms with Crippen molar-refractivity contribution in [2.24, 2.45) is 5.92 Å². The molecule has 0 N–H and O–H groups in total. The van der Waals surface area contributed by atoms with Crippen LogP contribution in [-0.4, -0.2) is 35.5 Å². The molecular weight excluding hydrogens is 252 g/mol. The Labute approximate surface area is 107 Å². The van der Waals surface area contributed by atoms with Crippen LogP contribution in [-0.2, 0) is 27.6 Å². The topological polar surface area (TPSA) is 69.0 Å². The fraction of sp³-hybridized carbons (Fsp3) is 0.667. The Hall–Kier alpha value is -1.17. The van der Waals surface area contributed by atoms with Crippen molar-refractivity contribution in [3.8, 4) is 0 Å². The van der Waals surface area contributed by atoms with Crippen LogP contribution in [0.4, 0.5) is 0 Å². The van der Waals surface area contributed by atoms with Gasteiger partial charge in [-0.2, -0.15) is 5.10 Å². The quantitative estimate of drug-likeness (QED) is 0.810. The lowest BCUT2D eigenvalue weighted by Crippen LogP contribution is -2.19. The Balaban J connectivity index is 2.08. The average molecular weight is 270 g/mol. The lowest BCUT2D eigenvalue weighted by molar-refractivity contribution is -0.121. The molecule has 18 heavy (non-hydrogen) atoms. The van der Waals surface area contributed by atoms with E-state index in [-0.39, 0.29) is 29.6 Å². The molecule has 1 aliphatic heterocycles. The number of hydrogen-bond donors (Lipinski definition) is 0. The van der Waals surface area contributed by atoms with Crippen molar-refractivity contribution in [2.75, 3.05) is 11.5 Å². The molecule has 1 aliphatic rings. The van der Waals surface area contributed by atoms with Gasteiger partial charge in [-0.25, -0.2) is 8.42 Å². The van der Waals surface area contributed by atoms with Crippen LogP contribution < -0.4 is 0 Å². The standard InChI is InChI=1S/C12H18N2O3S/c1-3-14-11(6-9(2)13-14)7-12(15)10-4-5-18(16,17)8-10/h6,10H,3-5,7-8H2,1-2H3. The summed E-state index contributed by atoms with van der Waals surface area (Å²) in [6.45, 7) is 4.58. The molecule has 2 rings (SSSR count). The number of hydrogen-bond acceptors (Lipinski definition) is 4. The number of sulfone groups is 1. The van der Waals surface area contributed by atoms with Crippen LogP contribution >= 0.6 is 0 Å². The molecule has 2 heterocycles. The number of rotatable bonds is 4. The van der Waals surface area contributed by atoms with E-state index in [0.29, 0.717) is 6.42 Å². The second-order valence-electron chi connectivity index (χ2n) is 4.84. The molecule has 1 aromatic rings. The van der Waals surface area contributed by atoms with Crippen LogP contribution in [0, 0.1) is 12.8 Å². The maximum Gasteiger partial charge on any atom is 0.151 e. The highest BCUT2D eigenvalue weighted by atomic mass is 32.2. The summed E-state index contributed by atoms with van der Waals surface area (Å²) in [5.41, 5.74) is 1.77. The van der Waals surface area contributed by atoms with E-state index < -0.39 is 9.84 Å². The van der Waals surface area contributed by atoms with E-state index >= 15 is 0 Å². The van der Waals surface area contributed by atoms with Crippen LogP contribution in [0.2, 0.25) is 0 Å². The maximum absolute atomic E-state index is 12.1. The van der Waals surface area contributed by atoms with Gasteiger partial charge in [0, 0.05) is 24.6 Å². The van der Waals surface area contributed by atoms with Crippen LogP contribution in [0.3, 0.4) is 0 Å². The molecule has 0 amide bonds. The molecule has 1 aromatic heterocycles. The molecule has 0 aliphatic carbocycles. The third-order valence-corrected chi connectivity index (χ3v) is 5.10. The molecule has 0 saturated carbocycles. The van der Waals surface area contributed by atoms with Gasteiger partial charge in [-0.05, 0) is 26.3 Å². The van der Waals surface area contributed by atoms with E-state index in [1.54, 1.807) is 4.68 Å². The van der Waals surface area contributed by atoms with Crippen LogP contribution in [0.1, 0.15) is 24.7 Å². The highest BCUT2D eigenvalue weighted by Gasteiger charge is 2.32. The average Bonchev–Trinajstić information content (AvgIpc) is 2.81. The second-order valence-corrected chi connectivity index (χ2v) is 7.06. The number of nitrogens with zero attached hydrogens (tertiary/aromatic N) is 2. The van der Waals surface area contributed by atoms with Gasteiger partial charge in [-0.3, -0.25) is 9.48 Å². The zero-order valence-electron chi connectivity index (χ0n) is 10.7. The number of Topliss-reactive ketones (excluding diaryl/α,β-unsaturated/α-hetero) is 1. The Bertz CT molecular complexity index is 560. The van der Waals surface area contributed by atoms with Gasteiger partial charge in [0.2, 0.25) is 0 Å². The number of aromatic nitrogens is 2. The Morgan fingerprint density at radius 3 is 2.83 bits per heavy atom. The monoisotopic (exact) mass is 270 g/mol. The first-order valence-electron chi connectivity index (χ1n) is 6.17. The first-order chi connectivity index (χ1) is 8.41. The molecule has 100 valence electrons. The highest BCUT2D eigenvalue weighted by molar-refractivity contribution is 7.91. The molecule has 1 saturated heterocycles. The van der Waals surface area contributed by atoms with Crippen molar-refractivity contribution in [3.63, 3.8) is 0 Å². The maximum atomic E-state index is 12.1. The van der Waals surface area contributed by atoms with Crippen LogP contribution in [0.25, 0.3) is 0 Å². The summed E-state index contributed by atoms with van der Waals surface area (Å²) in [7, 11) is -2.99. The summed E-state index contributed by atoms with van der Waals surface area (Å²) in [5, 5.41) is 4.28. The Morgan fingerprint density at radius 1 is 1.56 bits per heavy atom. The van der Waals surface area contributed by atoms with Gasteiger partial charge in [-0.1, -0.05) is 0 Å². The first kappa shape index (κ1) is 13.3. The molecule has 1 unspecified atom stereocenters. The molecular formula is C12H18N2O3S. The van der Waals surface area contributed by atoms with Crippen molar-refractivity contribution in [2.45, 2.75) is 33.2 Å². The van der Waals surface area contributed by atoms with Crippen LogP contribution in [0.15, 0.2) is 6.07 Å². The van der Waals surface area contributed by atoms with E-state index in [0.717, 1.165) is 17.9 Å². The van der Waals surface area contributed by atoms with E-state index in [2.05, 4.69) is 5.10 Å². The minimum atomic E-state index is -2.99. The van der Waals surface area contributed by atoms with Gasteiger partial charge in [-0.15, -0.1) is 0 Å². The van der Waals surface area contributed by atoms with Crippen molar-refractivity contribution in [1.82, 2.24) is 9.78 Å². The molecule has 0 bridgehead atoms. The van der Waals surface area contributed by atoms with E-state index in [1.807, 2.05) is 19.9 Å². The SMILES string of the molecule is CCn1nc(C)cc1CC(=O)C1CCS(=O)(=O)C1. The Kier molecular flexibility index (Phi) is 3.56. The molecule has 1 atom stereocenters. The zero-order chi connectivity index (χ0) is 13.3. The fourth-order valence-corrected chi connectivity index (χ4v) is 4.16. The normalized spacial score (nSPS) is 22.2. The number of aryl methyl sites for hydroxylation is 2. The number of carbonyl (C=O) groups excluding carboxylic acids is 1. The van der Waals surface area contributed by atoms with Gasteiger partial charge in [0.25, 0.3) is 0 Å². The van der Waals surface area contributed by atoms with E-state index in [1.165, 1.54) is 0 Å². The second kappa shape index (κ2) is 4.84. The van der Waals surface area contributed by atoms with Crippen molar-refractivity contribution < 1.29 is 13.2 Å². The predicted octanol–water partition coefficient (Wildman–Crippen LogP) is 0.758. The third kappa shape index (κ3) is 2.80. The highest BCUT2D eigenvalue weighted by Crippen LogP contribution is 2.21. The first-order valence-corrected chi connectivity index (χ1v) is 8.00. The third-order valence-electron chi connectivity index (χ3n) is 3.33. The predicted molar refractivity (Wildman–Crippen MR) is 68.1 cm³/mol. The van der Waals surface area contributed by atoms with Crippen molar-refractivity contribution >= 4 is 15.6 Å². The molecule has 6 heteroatoms. The minimum absolute atomic E-state index is 0.0189. The van der Waals surface area contributed by atoms with Crippen molar-refractivity contribution in [3.05, 3.63) is 17.5 Å². The van der Waals surface area contributed by atoms with Crippen molar-refractivity contribution in [1.29, 1.82) is 0 Å². The molecule has 1 fully saturated rings. The summed E-state index contributed by atoms with van der Waals surface area (Å²) in [5.74, 6) is -0.137. The smallest absolute Gasteiger partial charge is 0.151 e. The lowest BCUT2D eigenvalue weighted by Gasteiger charge is -2.07. The largest absolute Gasteiger partial charge is 0.299 e. The van der Waals surface area contributed by atoms with Gasteiger partial charge in [0.1, 0.15) is 5.78 Å². The lowest BCUT2D eigenvalue weighted by atomic mass is 10.00. The number of carbonyl (C=O) groups is 1. The van der Waals surface area contributed by atoms with Gasteiger partial charge in [0.05, 0.1) is 17.2 Å². The number of ketones is 1. The zero-order valence-corrected chi connectivity index (χ0v) is 11.5. The summed E-state index contributed by atoms with van der Waals surface area (Å²) in [6, 6.07) is 1.89.